The van der Waals surface area contributed by atoms with Gasteiger partial charge < -0.3 is 4.90 Å². The molecule has 0 spiro atoms. The SMILES string of the molecule is CN(C)C1(C)CCC(C(F)(F)F)C1. The van der Waals surface area contributed by atoms with Crippen LogP contribution in [-0.4, -0.2) is 30.7 Å². The molecule has 78 valence electrons. The van der Waals surface area contributed by atoms with E-state index in [0.717, 1.165) is 0 Å². The monoisotopic (exact) mass is 195 g/mol. The molecule has 0 bridgehead atoms. The predicted molar refractivity (Wildman–Crippen MR) is 45.5 cm³/mol. The van der Waals surface area contributed by atoms with Gasteiger partial charge in [0.05, 0.1) is 5.92 Å². The Kier molecular flexibility index (Phi) is 2.63. The maximum Gasteiger partial charge on any atom is 0.391 e. The van der Waals surface area contributed by atoms with Crippen LogP contribution in [0.4, 0.5) is 13.2 Å². The summed E-state index contributed by atoms with van der Waals surface area (Å²) in [7, 11) is 3.69. The van der Waals surface area contributed by atoms with Crippen molar-refractivity contribution in [1.29, 1.82) is 0 Å². The lowest BCUT2D eigenvalue weighted by Crippen LogP contribution is -2.39. The van der Waals surface area contributed by atoms with Crippen LogP contribution in [0.1, 0.15) is 26.2 Å². The van der Waals surface area contributed by atoms with E-state index < -0.39 is 12.1 Å². The number of nitrogens with zero attached hydrogens (tertiary/aromatic N) is 1. The quantitative estimate of drug-likeness (QED) is 0.621. The van der Waals surface area contributed by atoms with Crippen molar-refractivity contribution in [1.82, 2.24) is 4.90 Å². The number of halogens is 3. The lowest BCUT2D eigenvalue weighted by atomic mass is 9.97. The van der Waals surface area contributed by atoms with E-state index in [9.17, 15) is 13.2 Å². The minimum atomic E-state index is -4.01. The Morgan fingerprint density at radius 2 is 1.85 bits per heavy atom. The molecule has 1 fully saturated rings. The van der Waals surface area contributed by atoms with Crippen molar-refractivity contribution in [2.24, 2.45) is 5.92 Å². The molecule has 0 radical (unpaired) electrons. The highest BCUT2D eigenvalue weighted by Gasteiger charge is 2.49. The molecular weight excluding hydrogens is 179 g/mol. The topological polar surface area (TPSA) is 3.24 Å². The van der Waals surface area contributed by atoms with Gasteiger partial charge in [-0.3, -0.25) is 0 Å². The summed E-state index contributed by atoms with van der Waals surface area (Å²) in [5.41, 5.74) is -0.264. The average Bonchev–Trinajstić information content (AvgIpc) is 2.31. The molecule has 1 aliphatic carbocycles. The van der Waals surface area contributed by atoms with Gasteiger partial charge in [0, 0.05) is 5.54 Å². The first-order chi connectivity index (χ1) is 5.76. The summed E-state index contributed by atoms with van der Waals surface area (Å²) in [6.07, 6.45) is -2.85. The molecule has 1 nitrogen and oxygen atoms in total. The number of rotatable bonds is 1. The van der Waals surface area contributed by atoms with Crippen molar-refractivity contribution in [3.8, 4) is 0 Å². The average molecular weight is 195 g/mol. The largest absolute Gasteiger partial charge is 0.391 e. The predicted octanol–water partition coefficient (Wildman–Crippen LogP) is 2.67. The van der Waals surface area contributed by atoms with Gasteiger partial charge in [-0.15, -0.1) is 0 Å². The van der Waals surface area contributed by atoms with Crippen LogP contribution in [-0.2, 0) is 0 Å². The molecule has 4 heteroatoms. The van der Waals surface area contributed by atoms with Crippen LogP contribution in [0, 0.1) is 5.92 Å². The highest BCUT2D eigenvalue weighted by molar-refractivity contribution is 4.94. The minimum Gasteiger partial charge on any atom is -0.304 e. The molecule has 13 heavy (non-hydrogen) atoms. The Morgan fingerprint density at radius 1 is 1.31 bits per heavy atom. The van der Waals surface area contributed by atoms with Crippen molar-refractivity contribution in [3.63, 3.8) is 0 Å². The second kappa shape index (κ2) is 3.15. The molecule has 2 unspecified atom stereocenters. The zero-order valence-corrected chi connectivity index (χ0v) is 8.28. The summed E-state index contributed by atoms with van der Waals surface area (Å²) >= 11 is 0. The minimum absolute atomic E-state index is 0.240. The maximum atomic E-state index is 12.3. The number of hydrogen-bond donors (Lipinski definition) is 0. The van der Waals surface area contributed by atoms with Crippen LogP contribution in [0.15, 0.2) is 0 Å². The van der Waals surface area contributed by atoms with Gasteiger partial charge >= 0.3 is 6.18 Å². The smallest absolute Gasteiger partial charge is 0.304 e. The van der Waals surface area contributed by atoms with Gasteiger partial charge in [0.15, 0.2) is 0 Å². The molecule has 0 N–H and O–H groups in total. The molecule has 1 rings (SSSR count). The van der Waals surface area contributed by atoms with E-state index in [-0.39, 0.29) is 18.4 Å². The van der Waals surface area contributed by atoms with Crippen LogP contribution in [0.3, 0.4) is 0 Å². The molecule has 2 atom stereocenters. The van der Waals surface area contributed by atoms with E-state index in [1.807, 2.05) is 25.9 Å². The maximum absolute atomic E-state index is 12.3. The standard InChI is InChI=1S/C9H16F3N/c1-8(13(2)3)5-4-7(6-8)9(10,11)12/h7H,4-6H2,1-3H3. The van der Waals surface area contributed by atoms with Crippen LogP contribution in [0.2, 0.25) is 0 Å². The molecule has 1 aliphatic rings. The highest BCUT2D eigenvalue weighted by Crippen LogP contribution is 2.45. The van der Waals surface area contributed by atoms with E-state index in [1.165, 1.54) is 0 Å². The molecule has 0 aliphatic heterocycles. The second-order valence-corrected chi connectivity index (χ2v) is 4.37. The lowest BCUT2D eigenvalue weighted by molar-refractivity contribution is -0.174. The third kappa shape index (κ3) is 2.16. The Hall–Kier alpha value is -0.250. The van der Waals surface area contributed by atoms with Crippen molar-refractivity contribution in [2.45, 2.75) is 37.9 Å². The van der Waals surface area contributed by atoms with Crippen molar-refractivity contribution in [3.05, 3.63) is 0 Å². The van der Waals surface area contributed by atoms with Gasteiger partial charge in [0.25, 0.3) is 0 Å². The van der Waals surface area contributed by atoms with Crippen LogP contribution < -0.4 is 0 Å². The first-order valence-corrected chi connectivity index (χ1v) is 4.50. The van der Waals surface area contributed by atoms with Gasteiger partial charge in [0.1, 0.15) is 0 Å². The third-order valence-electron chi connectivity index (χ3n) is 3.26. The molecule has 0 amide bonds. The molecule has 0 aromatic rings. The number of hydrogen-bond acceptors (Lipinski definition) is 1. The lowest BCUT2D eigenvalue weighted by Gasteiger charge is -2.32. The Bertz CT molecular complexity index is 188. The molecule has 0 aromatic carbocycles. The van der Waals surface area contributed by atoms with E-state index in [1.54, 1.807) is 0 Å². The van der Waals surface area contributed by atoms with Crippen LogP contribution >= 0.6 is 0 Å². The Morgan fingerprint density at radius 3 is 2.08 bits per heavy atom. The van der Waals surface area contributed by atoms with Crippen molar-refractivity contribution in [2.75, 3.05) is 14.1 Å². The summed E-state index contributed by atoms with van der Waals surface area (Å²) in [6, 6.07) is 0. The Labute approximate surface area is 76.9 Å². The number of alkyl halides is 3. The molecular formula is C9H16F3N. The van der Waals surface area contributed by atoms with Gasteiger partial charge in [0.2, 0.25) is 0 Å². The molecule has 0 heterocycles. The van der Waals surface area contributed by atoms with Crippen LogP contribution in [0.5, 0.6) is 0 Å². The fraction of sp³-hybridized carbons (Fsp3) is 1.00. The van der Waals surface area contributed by atoms with E-state index in [2.05, 4.69) is 0 Å². The molecule has 0 saturated heterocycles. The summed E-state index contributed by atoms with van der Waals surface area (Å²) in [5, 5.41) is 0. The molecule has 1 saturated carbocycles. The second-order valence-electron chi connectivity index (χ2n) is 4.37. The summed E-state index contributed by atoms with van der Waals surface area (Å²) in [5.74, 6) is -1.10. The van der Waals surface area contributed by atoms with E-state index in [0.29, 0.717) is 6.42 Å². The zero-order valence-electron chi connectivity index (χ0n) is 8.28. The van der Waals surface area contributed by atoms with Crippen LogP contribution in [0.25, 0.3) is 0 Å². The highest BCUT2D eigenvalue weighted by atomic mass is 19.4. The molecule has 0 aromatic heterocycles. The Balaban J connectivity index is 2.64. The van der Waals surface area contributed by atoms with Crippen molar-refractivity contribution < 1.29 is 13.2 Å². The van der Waals surface area contributed by atoms with Crippen molar-refractivity contribution >= 4 is 0 Å². The van der Waals surface area contributed by atoms with E-state index in [4.69, 9.17) is 0 Å². The van der Waals surface area contributed by atoms with Gasteiger partial charge in [-0.2, -0.15) is 13.2 Å². The summed E-state index contributed by atoms with van der Waals surface area (Å²) in [4.78, 5) is 1.90. The van der Waals surface area contributed by atoms with Gasteiger partial charge in [-0.1, -0.05) is 0 Å². The third-order valence-corrected chi connectivity index (χ3v) is 3.26. The summed E-state index contributed by atoms with van der Waals surface area (Å²) < 4.78 is 37.0. The first kappa shape index (κ1) is 10.8. The zero-order chi connectivity index (χ0) is 10.3. The summed E-state index contributed by atoms with van der Waals surface area (Å²) in [6.45, 7) is 1.90. The van der Waals surface area contributed by atoms with Gasteiger partial charge in [-0.05, 0) is 40.3 Å². The van der Waals surface area contributed by atoms with Gasteiger partial charge in [-0.25, -0.2) is 0 Å². The fourth-order valence-electron chi connectivity index (χ4n) is 1.91. The first-order valence-electron chi connectivity index (χ1n) is 4.50. The normalized spacial score (nSPS) is 35.8. The van der Waals surface area contributed by atoms with E-state index >= 15 is 0 Å². The fourth-order valence-corrected chi connectivity index (χ4v) is 1.91.